The molecule has 2 saturated heterocycles. The van der Waals surface area contributed by atoms with Gasteiger partial charge in [-0.25, -0.2) is 0 Å². The first-order valence-electron chi connectivity index (χ1n) is 9.16. The summed E-state index contributed by atoms with van der Waals surface area (Å²) in [4.78, 5) is 14.9. The van der Waals surface area contributed by atoms with Gasteiger partial charge in [-0.3, -0.25) is 9.69 Å². The molecule has 7 heteroatoms. The molecule has 1 aromatic carbocycles. The molecule has 1 unspecified atom stereocenters. The van der Waals surface area contributed by atoms with Crippen LogP contribution in [-0.4, -0.2) is 50.2 Å². The van der Waals surface area contributed by atoms with Crippen LogP contribution in [0.15, 0.2) is 24.3 Å². The van der Waals surface area contributed by atoms with E-state index in [-0.39, 0.29) is 36.6 Å². The maximum Gasteiger partial charge on any atom is 0.228 e. The molecule has 1 aliphatic carbocycles. The van der Waals surface area contributed by atoms with E-state index in [0.717, 1.165) is 70.9 Å². The van der Waals surface area contributed by atoms with Crippen molar-refractivity contribution in [1.82, 2.24) is 10.2 Å². The van der Waals surface area contributed by atoms with E-state index < -0.39 is 0 Å². The Balaban J connectivity index is 0.00000121. The Morgan fingerprint density at radius 3 is 2.46 bits per heavy atom. The summed E-state index contributed by atoms with van der Waals surface area (Å²) in [6.07, 6.45) is 3.35. The minimum absolute atomic E-state index is 0. The molecular formula is C19H29Cl2N3O2. The Bertz CT molecular complexity index is 585. The van der Waals surface area contributed by atoms with Crippen LogP contribution >= 0.6 is 24.8 Å². The molecule has 2 N–H and O–H groups in total. The average Bonchev–Trinajstić information content (AvgIpc) is 3.31. The molecule has 2 heterocycles. The number of hydrogen-bond donors (Lipinski definition) is 2. The summed E-state index contributed by atoms with van der Waals surface area (Å²) in [5.74, 6) is 0.422. The van der Waals surface area contributed by atoms with Gasteiger partial charge in [0.15, 0.2) is 0 Å². The molecule has 1 amide bonds. The number of carbonyl (C=O) groups excluding carboxylic acids is 1. The van der Waals surface area contributed by atoms with E-state index >= 15 is 0 Å². The Morgan fingerprint density at radius 1 is 1.15 bits per heavy atom. The highest BCUT2D eigenvalue weighted by Gasteiger charge is 2.57. The van der Waals surface area contributed by atoms with Crippen molar-refractivity contribution in [2.75, 3.05) is 44.7 Å². The maximum absolute atomic E-state index is 12.5. The van der Waals surface area contributed by atoms with Gasteiger partial charge in [0.05, 0.1) is 13.2 Å². The van der Waals surface area contributed by atoms with Crippen molar-refractivity contribution >= 4 is 36.4 Å². The first-order chi connectivity index (χ1) is 11.8. The number of piperidine rings is 1. The number of halogens is 2. The van der Waals surface area contributed by atoms with Crippen LogP contribution in [0.3, 0.4) is 0 Å². The van der Waals surface area contributed by atoms with E-state index in [0.29, 0.717) is 5.41 Å². The standard InChI is InChI=1S/C19H27N3O2.2ClH/c23-18(17-13-19(17)5-7-20-8-6-19)21-16-3-1-15(2-4-16)14-22-9-11-24-12-10-22;;/h1-4,17,20H,5-14H2,(H,21,23);2*1H. The van der Waals surface area contributed by atoms with Gasteiger partial charge in [0.25, 0.3) is 0 Å². The third-order valence-corrected chi connectivity index (χ3v) is 5.84. The SMILES string of the molecule is Cl.Cl.O=C(Nc1ccc(CN2CCOCC2)cc1)C1CC12CCNCC2. The number of ether oxygens (including phenoxy) is 1. The van der Waals surface area contributed by atoms with Crippen LogP contribution in [-0.2, 0) is 16.1 Å². The minimum Gasteiger partial charge on any atom is -0.379 e. The summed E-state index contributed by atoms with van der Waals surface area (Å²) in [5, 5.41) is 6.50. The molecule has 1 atom stereocenters. The zero-order chi connectivity index (χ0) is 16.4. The van der Waals surface area contributed by atoms with Crippen LogP contribution in [0.4, 0.5) is 5.69 Å². The van der Waals surface area contributed by atoms with Gasteiger partial charge in [0, 0.05) is 31.2 Å². The molecule has 26 heavy (non-hydrogen) atoms. The maximum atomic E-state index is 12.5. The molecule has 0 aromatic heterocycles. The summed E-state index contributed by atoms with van der Waals surface area (Å²) in [7, 11) is 0. The molecule has 5 nitrogen and oxygen atoms in total. The van der Waals surface area contributed by atoms with Gasteiger partial charge in [-0.2, -0.15) is 0 Å². The number of rotatable bonds is 4. The monoisotopic (exact) mass is 401 g/mol. The second kappa shape index (κ2) is 9.38. The van der Waals surface area contributed by atoms with Crippen molar-refractivity contribution in [2.24, 2.45) is 11.3 Å². The summed E-state index contributed by atoms with van der Waals surface area (Å²) < 4.78 is 5.38. The lowest BCUT2D eigenvalue weighted by Gasteiger charge is -2.26. The number of carbonyl (C=O) groups is 1. The quantitative estimate of drug-likeness (QED) is 0.813. The molecule has 1 saturated carbocycles. The fraction of sp³-hybridized carbons (Fsp3) is 0.632. The molecule has 146 valence electrons. The Morgan fingerprint density at radius 2 is 1.81 bits per heavy atom. The number of amides is 1. The van der Waals surface area contributed by atoms with E-state index in [2.05, 4.69) is 27.7 Å². The van der Waals surface area contributed by atoms with Crippen LogP contribution < -0.4 is 10.6 Å². The third kappa shape index (κ3) is 4.90. The molecule has 0 radical (unpaired) electrons. The van der Waals surface area contributed by atoms with Gasteiger partial charge in [0.2, 0.25) is 5.91 Å². The zero-order valence-electron chi connectivity index (χ0n) is 15.0. The van der Waals surface area contributed by atoms with Crippen LogP contribution in [0.2, 0.25) is 0 Å². The summed E-state index contributed by atoms with van der Waals surface area (Å²) in [6.45, 7) is 6.71. The lowest BCUT2D eigenvalue weighted by molar-refractivity contribution is -0.118. The molecule has 2 aliphatic heterocycles. The predicted octanol–water partition coefficient (Wildman–Crippen LogP) is 2.69. The second-order valence-electron chi connectivity index (χ2n) is 7.44. The topological polar surface area (TPSA) is 53.6 Å². The van der Waals surface area contributed by atoms with Gasteiger partial charge < -0.3 is 15.4 Å². The van der Waals surface area contributed by atoms with E-state index in [1.807, 2.05) is 12.1 Å². The smallest absolute Gasteiger partial charge is 0.228 e. The molecule has 3 fully saturated rings. The molecule has 4 rings (SSSR count). The van der Waals surface area contributed by atoms with Crippen LogP contribution in [0.1, 0.15) is 24.8 Å². The van der Waals surface area contributed by atoms with E-state index in [4.69, 9.17) is 4.74 Å². The Hall–Kier alpha value is -0.850. The predicted molar refractivity (Wildman–Crippen MR) is 108 cm³/mol. The second-order valence-corrected chi connectivity index (χ2v) is 7.44. The van der Waals surface area contributed by atoms with Crippen molar-refractivity contribution in [2.45, 2.75) is 25.8 Å². The Kier molecular flexibility index (Phi) is 7.74. The van der Waals surface area contributed by atoms with E-state index in [1.165, 1.54) is 5.56 Å². The largest absolute Gasteiger partial charge is 0.379 e. The van der Waals surface area contributed by atoms with Crippen molar-refractivity contribution in [3.63, 3.8) is 0 Å². The van der Waals surface area contributed by atoms with Crippen LogP contribution in [0, 0.1) is 11.3 Å². The van der Waals surface area contributed by atoms with Gasteiger partial charge in [0.1, 0.15) is 0 Å². The summed E-state index contributed by atoms with van der Waals surface area (Å²) in [6, 6.07) is 8.31. The summed E-state index contributed by atoms with van der Waals surface area (Å²) in [5.41, 5.74) is 2.50. The number of nitrogens with one attached hydrogen (secondary N) is 2. The van der Waals surface area contributed by atoms with Crippen molar-refractivity contribution in [3.8, 4) is 0 Å². The number of anilines is 1. The first-order valence-corrected chi connectivity index (χ1v) is 9.16. The number of benzene rings is 1. The van der Waals surface area contributed by atoms with Gasteiger partial charge in [-0.15, -0.1) is 24.8 Å². The highest BCUT2D eigenvalue weighted by molar-refractivity contribution is 5.95. The van der Waals surface area contributed by atoms with Crippen molar-refractivity contribution in [1.29, 1.82) is 0 Å². The summed E-state index contributed by atoms with van der Waals surface area (Å²) >= 11 is 0. The highest BCUT2D eigenvalue weighted by atomic mass is 35.5. The van der Waals surface area contributed by atoms with Gasteiger partial charge in [-0.1, -0.05) is 12.1 Å². The molecule has 3 aliphatic rings. The third-order valence-electron chi connectivity index (χ3n) is 5.84. The van der Waals surface area contributed by atoms with Crippen molar-refractivity contribution in [3.05, 3.63) is 29.8 Å². The lowest BCUT2D eigenvalue weighted by Crippen LogP contribution is -2.35. The fourth-order valence-corrected chi connectivity index (χ4v) is 4.14. The minimum atomic E-state index is 0. The number of hydrogen-bond acceptors (Lipinski definition) is 4. The number of nitrogens with zero attached hydrogens (tertiary/aromatic N) is 1. The van der Waals surface area contributed by atoms with Crippen LogP contribution in [0.25, 0.3) is 0 Å². The molecular weight excluding hydrogens is 373 g/mol. The fourth-order valence-electron chi connectivity index (χ4n) is 4.14. The van der Waals surface area contributed by atoms with Crippen molar-refractivity contribution < 1.29 is 9.53 Å². The van der Waals surface area contributed by atoms with E-state index in [9.17, 15) is 4.79 Å². The Labute approximate surface area is 168 Å². The van der Waals surface area contributed by atoms with Gasteiger partial charge in [-0.05, 0) is 55.5 Å². The van der Waals surface area contributed by atoms with E-state index in [1.54, 1.807) is 0 Å². The lowest BCUT2D eigenvalue weighted by atomic mass is 9.92. The van der Waals surface area contributed by atoms with Crippen LogP contribution in [0.5, 0.6) is 0 Å². The average molecular weight is 402 g/mol. The molecule has 1 spiro atoms. The molecule has 1 aromatic rings. The normalized spacial score (nSPS) is 24.2. The number of morpholine rings is 1. The molecule has 0 bridgehead atoms. The van der Waals surface area contributed by atoms with Gasteiger partial charge >= 0.3 is 0 Å². The highest BCUT2D eigenvalue weighted by Crippen LogP contribution is 2.58. The first kappa shape index (κ1) is 21.5. The zero-order valence-corrected chi connectivity index (χ0v) is 16.7.